The second-order valence-corrected chi connectivity index (χ2v) is 7.30. The van der Waals surface area contributed by atoms with Gasteiger partial charge in [-0.05, 0) is 37.0 Å². The van der Waals surface area contributed by atoms with Gasteiger partial charge in [0.05, 0.1) is 6.04 Å². The van der Waals surface area contributed by atoms with Gasteiger partial charge in [-0.25, -0.2) is 4.79 Å². The van der Waals surface area contributed by atoms with Crippen molar-refractivity contribution in [3.8, 4) is 0 Å². The Balaban J connectivity index is 1.82. The lowest BCUT2D eigenvalue weighted by Crippen LogP contribution is -2.51. The van der Waals surface area contributed by atoms with E-state index in [0.717, 1.165) is 11.1 Å². The molecule has 0 radical (unpaired) electrons. The molecule has 2 aromatic carbocycles. The first kappa shape index (κ1) is 22.4. The number of carbonyl (C=O) groups is 2. The number of carbonyl (C=O) groups excluding carboxylic acids is 2. The Bertz CT molecular complexity index is 969. The molecule has 1 amide bonds. The molecule has 0 bridgehead atoms. The quantitative estimate of drug-likeness (QED) is 0.477. The first-order valence-electron chi connectivity index (χ1n) is 10.3. The largest absolute Gasteiger partial charge is 0.480 e. The van der Waals surface area contributed by atoms with Crippen LogP contribution in [0.2, 0.25) is 0 Å². The van der Waals surface area contributed by atoms with Crippen molar-refractivity contribution in [3.05, 3.63) is 65.7 Å². The molecular formula is C24H26N2O5. The Morgan fingerprint density at radius 3 is 2.61 bits per heavy atom. The SMILES string of the molecule is CCOC(CC(=C=O)c1ccccc1)NC1CCc2ccccc2N(CC(=O)O)C1=O. The monoisotopic (exact) mass is 422 g/mol. The van der Waals surface area contributed by atoms with Gasteiger partial charge in [0, 0.05) is 24.3 Å². The summed E-state index contributed by atoms with van der Waals surface area (Å²) in [6, 6.07) is 15.9. The Labute approximate surface area is 181 Å². The molecule has 7 nitrogen and oxygen atoms in total. The molecule has 0 saturated heterocycles. The van der Waals surface area contributed by atoms with Crippen LogP contribution in [0.4, 0.5) is 5.69 Å². The van der Waals surface area contributed by atoms with Crippen LogP contribution in [0.25, 0.3) is 5.57 Å². The van der Waals surface area contributed by atoms with Gasteiger partial charge in [-0.3, -0.25) is 19.8 Å². The molecule has 2 unspecified atom stereocenters. The summed E-state index contributed by atoms with van der Waals surface area (Å²) in [5.74, 6) is 0.582. The van der Waals surface area contributed by atoms with Gasteiger partial charge in [-0.1, -0.05) is 48.5 Å². The number of rotatable bonds is 9. The van der Waals surface area contributed by atoms with E-state index in [0.29, 0.717) is 30.7 Å². The average Bonchev–Trinajstić information content (AvgIpc) is 2.90. The molecule has 7 heteroatoms. The summed E-state index contributed by atoms with van der Waals surface area (Å²) in [6.07, 6.45) is 0.741. The molecule has 1 aliphatic heterocycles. The van der Waals surface area contributed by atoms with Crippen molar-refractivity contribution in [1.29, 1.82) is 0 Å². The number of carboxylic acids is 1. The number of benzene rings is 2. The maximum absolute atomic E-state index is 13.3. The number of ether oxygens (including phenoxy) is 1. The number of nitrogens with zero attached hydrogens (tertiary/aromatic N) is 1. The van der Waals surface area contributed by atoms with E-state index in [1.54, 1.807) is 12.1 Å². The summed E-state index contributed by atoms with van der Waals surface area (Å²) in [4.78, 5) is 37.6. The number of hydrogen-bond donors (Lipinski definition) is 2. The van der Waals surface area contributed by atoms with Crippen LogP contribution in [0, 0.1) is 0 Å². The van der Waals surface area contributed by atoms with Gasteiger partial charge in [-0.15, -0.1) is 0 Å². The summed E-state index contributed by atoms with van der Waals surface area (Å²) in [5, 5.41) is 12.6. The van der Waals surface area contributed by atoms with E-state index in [-0.39, 0.29) is 12.3 Å². The van der Waals surface area contributed by atoms with Crippen LogP contribution in [0.15, 0.2) is 54.6 Å². The number of anilines is 1. The number of amides is 1. The van der Waals surface area contributed by atoms with Crippen LogP contribution in [0.1, 0.15) is 30.9 Å². The van der Waals surface area contributed by atoms with Crippen LogP contribution >= 0.6 is 0 Å². The van der Waals surface area contributed by atoms with Gasteiger partial charge in [0.15, 0.2) is 0 Å². The summed E-state index contributed by atoms with van der Waals surface area (Å²) in [7, 11) is 0. The number of hydrogen-bond acceptors (Lipinski definition) is 5. The van der Waals surface area contributed by atoms with Gasteiger partial charge in [-0.2, -0.15) is 0 Å². The van der Waals surface area contributed by atoms with Gasteiger partial charge in [0.2, 0.25) is 5.91 Å². The number of aryl methyl sites for hydroxylation is 1. The van der Waals surface area contributed by atoms with Crippen molar-refractivity contribution >= 4 is 29.1 Å². The van der Waals surface area contributed by atoms with Gasteiger partial charge in [0.1, 0.15) is 18.7 Å². The zero-order valence-corrected chi connectivity index (χ0v) is 17.4. The normalized spacial score (nSPS) is 16.7. The Kier molecular flexibility index (Phi) is 7.73. The average molecular weight is 422 g/mol. The van der Waals surface area contributed by atoms with E-state index in [4.69, 9.17) is 4.74 Å². The van der Waals surface area contributed by atoms with E-state index < -0.39 is 24.8 Å². The predicted octanol–water partition coefficient (Wildman–Crippen LogP) is 2.68. The lowest BCUT2D eigenvalue weighted by atomic mass is 10.0. The van der Waals surface area contributed by atoms with Crippen molar-refractivity contribution in [1.82, 2.24) is 5.32 Å². The fraction of sp³-hybridized carbons (Fsp3) is 0.333. The van der Waals surface area contributed by atoms with E-state index in [1.807, 2.05) is 55.3 Å². The fourth-order valence-corrected chi connectivity index (χ4v) is 3.80. The predicted molar refractivity (Wildman–Crippen MR) is 117 cm³/mol. The molecule has 0 aliphatic carbocycles. The molecule has 31 heavy (non-hydrogen) atoms. The molecule has 1 aliphatic rings. The number of carboxylic acid groups (broad SMARTS) is 1. The van der Waals surface area contributed by atoms with Crippen LogP contribution in [-0.2, 0) is 25.5 Å². The van der Waals surface area contributed by atoms with Gasteiger partial charge in [0.25, 0.3) is 0 Å². The molecular weight excluding hydrogens is 396 g/mol. The molecule has 0 aromatic heterocycles. The first-order valence-corrected chi connectivity index (χ1v) is 10.3. The lowest BCUT2D eigenvalue weighted by molar-refractivity contribution is -0.137. The third kappa shape index (κ3) is 5.67. The van der Waals surface area contributed by atoms with E-state index in [9.17, 15) is 19.5 Å². The molecule has 0 saturated carbocycles. The zero-order valence-electron chi connectivity index (χ0n) is 17.4. The standard InChI is InChI=1S/C24H26N2O5/c1-2-31-22(14-19(16-27)17-8-4-3-5-9-17)25-20-13-12-18-10-6-7-11-21(18)26(24(20)30)15-23(28)29/h3-11,20,22,25H,2,12-15H2,1H3,(H,28,29). The molecule has 0 fully saturated rings. The number of para-hydroxylation sites is 1. The van der Waals surface area contributed by atoms with Crippen LogP contribution < -0.4 is 10.2 Å². The van der Waals surface area contributed by atoms with Crippen LogP contribution in [-0.4, -0.2) is 48.3 Å². The number of fused-ring (bicyclic) bond motifs is 1. The Hall–Kier alpha value is -3.25. The summed E-state index contributed by atoms with van der Waals surface area (Å²) < 4.78 is 5.78. The third-order valence-electron chi connectivity index (χ3n) is 5.23. The van der Waals surface area contributed by atoms with Crippen molar-refractivity contribution in [2.45, 2.75) is 38.5 Å². The first-order chi connectivity index (χ1) is 15.0. The lowest BCUT2D eigenvalue weighted by Gasteiger charge is -2.28. The topological polar surface area (TPSA) is 95.9 Å². The van der Waals surface area contributed by atoms with Gasteiger partial charge >= 0.3 is 5.97 Å². The molecule has 2 N–H and O–H groups in total. The second kappa shape index (κ2) is 10.7. The molecule has 2 atom stereocenters. The summed E-state index contributed by atoms with van der Waals surface area (Å²) in [6.45, 7) is 1.80. The fourth-order valence-electron chi connectivity index (χ4n) is 3.80. The minimum absolute atomic E-state index is 0.233. The molecule has 0 spiro atoms. The third-order valence-corrected chi connectivity index (χ3v) is 5.23. The number of aliphatic carboxylic acids is 1. The highest BCUT2D eigenvalue weighted by Crippen LogP contribution is 2.27. The molecule has 162 valence electrons. The van der Waals surface area contributed by atoms with E-state index in [2.05, 4.69) is 5.32 Å². The smallest absolute Gasteiger partial charge is 0.323 e. The van der Waals surface area contributed by atoms with Crippen molar-refractivity contribution in [3.63, 3.8) is 0 Å². The maximum Gasteiger partial charge on any atom is 0.323 e. The van der Waals surface area contributed by atoms with Crippen LogP contribution in [0.3, 0.4) is 0 Å². The number of nitrogens with one attached hydrogen (secondary N) is 1. The molecule has 3 rings (SSSR count). The van der Waals surface area contributed by atoms with E-state index >= 15 is 0 Å². The highest BCUT2D eigenvalue weighted by Gasteiger charge is 2.33. The van der Waals surface area contributed by atoms with Crippen molar-refractivity contribution in [2.75, 3.05) is 18.1 Å². The Morgan fingerprint density at radius 1 is 1.23 bits per heavy atom. The molecule has 1 heterocycles. The Morgan fingerprint density at radius 2 is 1.94 bits per heavy atom. The highest BCUT2D eigenvalue weighted by atomic mass is 16.5. The maximum atomic E-state index is 13.3. The van der Waals surface area contributed by atoms with Crippen LogP contribution in [0.5, 0.6) is 0 Å². The second-order valence-electron chi connectivity index (χ2n) is 7.30. The minimum Gasteiger partial charge on any atom is -0.480 e. The molecule has 2 aromatic rings. The van der Waals surface area contributed by atoms with E-state index in [1.165, 1.54) is 4.90 Å². The van der Waals surface area contributed by atoms with Gasteiger partial charge < -0.3 is 9.84 Å². The van der Waals surface area contributed by atoms with Crippen molar-refractivity contribution in [2.24, 2.45) is 0 Å². The highest BCUT2D eigenvalue weighted by molar-refractivity contribution is 6.01. The minimum atomic E-state index is -1.08. The zero-order chi connectivity index (χ0) is 22.2. The summed E-state index contributed by atoms with van der Waals surface area (Å²) >= 11 is 0. The van der Waals surface area contributed by atoms with Crippen molar-refractivity contribution < 1.29 is 24.2 Å². The summed E-state index contributed by atoms with van der Waals surface area (Å²) in [5.41, 5.74) is 2.73.